The van der Waals surface area contributed by atoms with Crippen molar-refractivity contribution >= 4 is 66.9 Å². The van der Waals surface area contributed by atoms with E-state index in [0.29, 0.717) is 0 Å². The minimum atomic E-state index is 0. The Balaban J connectivity index is 0.00000293. The van der Waals surface area contributed by atoms with Gasteiger partial charge < -0.3 is 46.9 Å². The number of rotatable bonds is 14. The summed E-state index contributed by atoms with van der Waals surface area (Å²) < 4.78 is 4.60. The minimum absolute atomic E-state index is 0. The van der Waals surface area contributed by atoms with Gasteiger partial charge in [-0.05, 0) is 87.6 Å². The molecule has 6 aromatic carbocycles. The maximum Gasteiger partial charge on any atom is 0.242 e. The van der Waals surface area contributed by atoms with Gasteiger partial charge in [0.1, 0.15) is 22.1 Å². The summed E-state index contributed by atoms with van der Waals surface area (Å²) in [5, 5.41) is 7.49. The third kappa shape index (κ3) is 8.99. The second kappa shape index (κ2) is 18.9. The number of para-hydroxylation sites is 2. The standard InChI is InChI=1S/C49H52N8.2ClH/c1-32-26-43-46(29-38(32)50)56(36-18-12-10-13-19-36)48-31-42(34(3)28-45(48)55-43)53-25-17-9-7-5-6-8-16-24-52-40-22-23-41-49(35(40)4)57(37-20-14-11-15-21-37)47-30-39(51)33(2)27-44(47)54-41;;/h10-15,18-23,26-31H,5-9,16-17,24-25H2,1-4H3,(H4,50,51,52,53);2*1H. The molecule has 0 aliphatic carbocycles. The van der Waals surface area contributed by atoms with E-state index < -0.39 is 0 Å². The summed E-state index contributed by atoms with van der Waals surface area (Å²) in [5.41, 5.74) is 31.4. The van der Waals surface area contributed by atoms with Crippen molar-refractivity contribution in [1.82, 2.24) is 9.97 Å². The molecule has 2 aromatic heterocycles. The summed E-state index contributed by atoms with van der Waals surface area (Å²) >= 11 is 0. The van der Waals surface area contributed by atoms with E-state index in [1.54, 1.807) is 0 Å². The molecule has 0 unspecified atom stereocenters. The minimum Gasteiger partial charge on any atom is -1.00 e. The molecule has 0 spiro atoms. The van der Waals surface area contributed by atoms with E-state index in [0.717, 1.165) is 115 Å². The van der Waals surface area contributed by atoms with Gasteiger partial charge in [0.05, 0.1) is 0 Å². The lowest BCUT2D eigenvalue weighted by atomic mass is 10.1. The fourth-order valence-corrected chi connectivity index (χ4v) is 8.11. The van der Waals surface area contributed by atoms with Crippen LogP contribution in [0.5, 0.6) is 0 Å². The summed E-state index contributed by atoms with van der Waals surface area (Å²) in [4.78, 5) is 10.1. The molecule has 6 N–H and O–H groups in total. The lowest BCUT2D eigenvalue weighted by Gasteiger charge is -2.13. The van der Waals surface area contributed by atoms with Crippen LogP contribution in [0.15, 0.2) is 109 Å². The molecule has 0 fully saturated rings. The Kier molecular flexibility index (Phi) is 13.8. The maximum atomic E-state index is 6.41. The molecular formula is C49H54Cl2N8. The van der Waals surface area contributed by atoms with Crippen LogP contribution in [0.1, 0.15) is 67.2 Å². The highest BCUT2D eigenvalue weighted by molar-refractivity contribution is 5.89. The first-order valence-electron chi connectivity index (χ1n) is 20.5. The van der Waals surface area contributed by atoms with Gasteiger partial charge in [-0.15, -0.1) is 9.13 Å². The first-order chi connectivity index (χ1) is 27.8. The number of nitrogen functional groups attached to an aromatic ring is 2. The van der Waals surface area contributed by atoms with Gasteiger partial charge in [0.15, 0.2) is 0 Å². The van der Waals surface area contributed by atoms with Crippen molar-refractivity contribution in [2.45, 2.75) is 72.6 Å². The highest BCUT2D eigenvalue weighted by Gasteiger charge is 2.24. The Bertz CT molecular complexity index is 2710. The lowest BCUT2D eigenvalue weighted by molar-refractivity contribution is -0.538. The Morgan fingerprint density at radius 1 is 0.458 bits per heavy atom. The molecule has 0 aliphatic heterocycles. The van der Waals surface area contributed by atoms with Gasteiger partial charge in [0.25, 0.3) is 0 Å². The van der Waals surface area contributed by atoms with Crippen molar-refractivity contribution in [3.05, 3.63) is 131 Å². The topological polar surface area (TPSA) is 110 Å². The molecule has 0 saturated heterocycles. The fourth-order valence-electron chi connectivity index (χ4n) is 8.11. The number of nitrogens with two attached hydrogens (primary N) is 2. The number of fused-ring (bicyclic) bond motifs is 4. The maximum absolute atomic E-state index is 6.41. The molecule has 0 aliphatic rings. The molecular weight excluding hydrogens is 772 g/mol. The van der Waals surface area contributed by atoms with Crippen LogP contribution >= 0.6 is 0 Å². The molecule has 0 saturated carbocycles. The molecule has 0 bridgehead atoms. The predicted molar refractivity (Wildman–Crippen MR) is 239 cm³/mol. The Morgan fingerprint density at radius 2 is 0.898 bits per heavy atom. The van der Waals surface area contributed by atoms with E-state index in [4.69, 9.17) is 21.4 Å². The molecule has 2 heterocycles. The van der Waals surface area contributed by atoms with Gasteiger partial charge in [0, 0.05) is 83.9 Å². The van der Waals surface area contributed by atoms with Gasteiger partial charge in [-0.1, -0.05) is 68.5 Å². The van der Waals surface area contributed by atoms with E-state index in [1.807, 2.05) is 13.8 Å². The number of hydrogen-bond donors (Lipinski definition) is 4. The van der Waals surface area contributed by atoms with E-state index in [1.165, 1.54) is 43.2 Å². The average Bonchev–Trinajstić information content (AvgIpc) is 3.21. The van der Waals surface area contributed by atoms with Crippen molar-refractivity contribution in [1.29, 1.82) is 0 Å². The number of unbranched alkanes of at least 4 members (excludes halogenated alkanes) is 6. The van der Waals surface area contributed by atoms with E-state index in [2.05, 4.69) is 143 Å². The monoisotopic (exact) mass is 824 g/mol. The molecule has 8 nitrogen and oxygen atoms in total. The zero-order valence-corrected chi connectivity index (χ0v) is 36.0. The van der Waals surface area contributed by atoms with Crippen LogP contribution in [0, 0.1) is 27.7 Å². The molecule has 59 heavy (non-hydrogen) atoms. The van der Waals surface area contributed by atoms with E-state index in [9.17, 15) is 0 Å². The molecule has 8 rings (SSSR count). The second-order valence-electron chi connectivity index (χ2n) is 15.6. The van der Waals surface area contributed by atoms with Crippen LogP contribution < -0.4 is 56.0 Å². The normalized spacial score (nSPS) is 11.2. The smallest absolute Gasteiger partial charge is 0.242 e. The van der Waals surface area contributed by atoms with Crippen molar-refractivity contribution in [2.75, 3.05) is 35.2 Å². The Labute approximate surface area is 359 Å². The SMILES string of the molecule is Cc1cc2nc3cc(C)c(NCCCCCCCCCNc4ccc5nc6cc(C)c(N)cc6[n+](-c6ccccc6)c5c4C)cc3[n+](-c3ccccc3)c2cc1N.[Cl-].[Cl-]. The third-order valence-corrected chi connectivity index (χ3v) is 11.4. The number of aryl methyl sites for hydroxylation is 4. The summed E-state index contributed by atoms with van der Waals surface area (Å²) in [7, 11) is 0. The first-order valence-corrected chi connectivity index (χ1v) is 20.5. The van der Waals surface area contributed by atoms with Crippen molar-refractivity contribution in [3.8, 4) is 11.4 Å². The summed E-state index contributed by atoms with van der Waals surface area (Å²) in [6.07, 6.45) is 8.50. The van der Waals surface area contributed by atoms with Crippen LogP contribution in [-0.2, 0) is 0 Å². The van der Waals surface area contributed by atoms with E-state index in [-0.39, 0.29) is 24.8 Å². The van der Waals surface area contributed by atoms with Crippen molar-refractivity contribution in [3.63, 3.8) is 0 Å². The fraction of sp³-hybridized carbons (Fsp3) is 0.265. The van der Waals surface area contributed by atoms with Crippen LogP contribution in [0.4, 0.5) is 22.7 Å². The van der Waals surface area contributed by atoms with Crippen LogP contribution in [0.25, 0.3) is 55.5 Å². The molecule has 304 valence electrons. The van der Waals surface area contributed by atoms with Crippen molar-refractivity contribution in [2.24, 2.45) is 0 Å². The van der Waals surface area contributed by atoms with Crippen LogP contribution in [-0.4, -0.2) is 23.1 Å². The molecule has 8 aromatic rings. The van der Waals surface area contributed by atoms with Gasteiger partial charge in [-0.2, -0.15) is 0 Å². The zero-order chi connectivity index (χ0) is 39.5. The van der Waals surface area contributed by atoms with Gasteiger partial charge in [0.2, 0.25) is 33.4 Å². The Hall–Kier alpha value is -5.70. The molecule has 0 amide bonds. The number of halogens is 2. The number of nitrogens with zero attached hydrogens (tertiary/aromatic N) is 4. The highest BCUT2D eigenvalue weighted by atomic mass is 35.5. The number of aromatic nitrogens is 4. The summed E-state index contributed by atoms with van der Waals surface area (Å²) in [6.45, 7) is 10.3. The number of benzene rings is 6. The number of nitrogens with one attached hydrogen (secondary N) is 2. The molecule has 0 radical (unpaired) electrons. The quantitative estimate of drug-likeness (QED) is 0.0564. The van der Waals surface area contributed by atoms with Gasteiger partial charge in [-0.25, -0.2) is 9.97 Å². The number of hydrogen-bond acceptors (Lipinski definition) is 6. The molecule has 10 heteroatoms. The first kappa shape index (κ1) is 42.9. The summed E-state index contributed by atoms with van der Waals surface area (Å²) in [6, 6.07) is 38.1. The van der Waals surface area contributed by atoms with Gasteiger partial charge in [-0.3, -0.25) is 0 Å². The molecule has 0 atom stereocenters. The second-order valence-corrected chi connectivity index (χ2v) is 15.6. The van der Waals surface area contributed by atoms with Gasteiger partial charge >= 0.3 is 0 Å². The predicted octanol–water partition coefficient (Wildman–Crippen LogP) is 4.30. The van der Waals surface area contributed by atoms with Crippen LogP contribution in [0.2, 0.25) is 0 Å². The van der Waals surface area contributed by atoms with E-state index >= 15 is 0 Å². The summed E-state index contributed by atoms with van der Waals surface area (Å²) in [5.74, 6) is 0. The highest BCUT2D eigenvalue weighted by Crippen LogP contribution is 2.29. The van der Waals surface area contributed by atoms with Crippen molar-refractivity contribution < 1.29 is 33.9 Å². The zero-order valence-electron chi connectivity index (χ0n) is 34.5. The number of anilines is 4. The average molecular weight is 826 g/mol. The third-order valence-electron chi connectivity index (χ3n) is 11.4. The lowest BCUT2D eigenvalue weighted by Crippen LogP contribution is -3.00. The Morgan fingerprint density at radius 3 is 1.46 bits per heavy atom. The van der Waals surface area contributed by atoms with Crippen LogP contribution in [0.3, 0.4) is 0 Å². The largest absolute Gasteiger partial charge is 1.00 e.